The van der Waals surface area contributed by atoms with Gasteiger partial charge < -0.3 is 19.9 Å². The second-order valence-corrected chi connectivity index (χ2v) is 6.08. The minimum absolute atomic E-state index is 0.204. The normalized spacial score (nSPS) is 14.3. The van der Waals surface area contributed by atoms with Gasteiger partial charge in [0.25, 0.3) is 0 Å². The molecule has 1 saturated heterocycles. The van der Waals surface area contributed by atoms with Crippen LogP contribution < -0.4 is 15.0 Å². The lowest BCUT2D eigenvalue weighted by atomic mass is 10.2. The molecule has 0 radical (unpaired) electrons. The van der Waals surface area contributed by atoms with Crippen molar-refractivity contribution in [2.24, 2.45) is 0 Å². The van der Waals surface area contributed by atoms with Crippen LogP contribution in [-0.4, -0.2) is 50.6 Å². The summed E-state index contributed by atoms with van der Waals surface area (Å²) in [5, 5.41) is 3.29. The Kier molecular flexibility index (Phi) is 5.77. The number of para-hydroxylation sites is 3. The van der Waals surface area contributed by atoms with Crippen molar-refractivity contribution >= 4 is 17.3 Å². The van der Waals surface area contributed by atoms with Gasteiger partial charge in [-0.1, -0.05) is 30.3 Å². The van der Waals surface area contributed by atoms with E-state index < -0.39 is 0 Å². The summed E-state index contributed by atoms with van der Waals surface area (Å²) < 4.78 is 5.31. The summed E-state index contributed by atoms with van der Waals surface area (Å²) in [6.07, 6.45) is 0.489. The molecule has 1 fully saturated rings. The maximum atomic E-state index is 12.4. The lowest BCUT2D eigenvalue weighted by Gasteiger charge is -2.36. The Morgan fingerprint density at radius 1 is 1.00 bits per heavy atom. The highest BCUT2D eigenvalue weighted by atomic mass is 16.5. The molecule has 0 bridgehead atoms. The van der Waals surface area contributed by atoms with Crippen LogP contribution >= 0.6 is 0 Å². The summed E-state index contributed by atoms with van der Waals surface area (Å²) in [5.41, 5.74) is 2.15. The first-order chi connectivity index (χ1) is 12.3. The predicted octanol–water partition coefficient (Wildman–Crippen LogP) is 2.85. The fourth-order valence-corrected chi connectivity index (χ4v) is 3.11. The van der Waals surface area contributed by atoms with E-state index in [2.05, 4.69) is 34.5 Å². The van der Waals surface area contributed by atoms with Gasteiger partial charge in [-0.3, -0.25) is 4.79 Å². The van der Waals surface area contributed by atoms with Crippen LogP contribution in [0.25, 0.3) is 0 Å². The molecule has 0 saturated carbocycles. The summed E-state index contributed by atoms with van der Waals surface area (Å²) >= 11 is 0. The van der Waals surface area contributed by atoms with Crippen molar-refractivity contribution in [1.29, 1.82) is 0 Å². The van der Waals surface area contributed by atoms with Crippen LogP contribution in [0.5, 0.6) is 5.75 Å². The van der Waals surface area contributed by atoms with Gasteiger partial charge in [0.15, 0.2) is 0 Å². The molecule has 0 spiro atoms. The fourth-order valence-electron chi connectivity index (χ4n) is 3.11. The van der Waals surface area contributed by atoms with Crippen molar-refractivity contribution in [2.75, 3.05) is 50.1 Å². The minimum Gasteiger partial charge on any atom is -0.495 e. The SMILES string of the molecule is COc1ccccc1NCCC(=O)N1CCN(c2ccccc2)CC1. The van der Waals surface area contributed by atoms with Gasteiger partial charge in [-0.2, -0.15) is 0 Å². The molecule has 1 amide bonds. The number of nitrogens with one attached hydrogen (secondary N) is 1. The van der Waals surface area contributed by atoms with Crippen LogP contribution in [0.2, 0.25) is 0 Å². The number of amides is 1. The number of piperazine rings is 1. The van der Waals surface area contributed by atoms with Crippen molar-refractivity contribution in [1.82, 2.24) is 4.90 Å². The van der Waals surface area contributed by atoms with E-state index in [1.807, 2.05) is 35.2 Å². The second kappa shape index (κ2) is 8.42. The van der Waals surface area contributed by atoms with Crippen LogP contribution in [0.15, 0.2) is 54.6 Å². The standard InChI is InChI=1S/C20H25N3O2/c1-25-19-10-6-5-9-18(19)21-12-11-20(24)23-15-13-22(14-16-23)17-7-3-2-4-8-17/h2-10,21H,11-16H2,1H3. The summed E-state index contributed by atoms with van der Waals surface area (Å²) in [6, 6.07) is 18.1. The number of nitrogens with zero attached hydrogens (tertiary/aromatic N) is 2. The lowest BCUT2D eigenvalue weighted by Crippen LogP contribution is -2.49. The Hall–Kier alpha value is -2.69. The molecule has 1 heterocycles. The second-order valence-electron chi connectivity index (χ2n) is 6.08. The van der Waals surface area contributed by atoms with Gasteiger partial charge in [0.05, 0.1) is 12.8 Å². The first kappa shape index (κ1) is 17.1. The van der Waals surface area contributed by atoms with Crippen LogP contribution in [0.4, 0.5) is 11.4 Å². The first-order valence-corrected chi connectivity index (χ1v) is 8.72. The van der Waals surface area contributed by atoms with Crippen LogP contribution in [0.1, 0.15) is 6.42 Å². The number of hydrogen-bond donors (Lipinski definition) is 1. The van der Waals surface area contributed by atoms with Gasteiger partial charge in [-0.25, -0.2) is 0 Å². The van der Waals surface area contributed by atoms with E-state index in [-0.39, 0.29) is 5.91 Å². The molecule has 3 rings (SSSR count). The highest BCUT2D eigenvalue weighted by Gasteiger charge is 2.20. The molecule has 2 aromatic carbocycles. The van der Waals surface area contributed by atoms with Gasteiger partial charge in [-0.15, -0.1) is 0 Å². The number of carbonyl (C=O) groups is 1. The number of hydrogen-bond acceptors (Lipinski definition) is 4. The zero-order chi connectivity index (χ0) is 17.5. The van der Waals surface area contributed by atoms with Crippen LogP contribution in [-0.2, 0) is 4.79 Å². The third-order valence-corrected chi connectivity index (χ3v) is 4.52. The van der Waals surface area contributed by atoms with E-state index in [0.717, 1.165) is 37.6 Å². The van der Waals surface area contributed by atoms with E-state index in [1.54, 1.807) is 7.11 Å². The molecule has 0 unspecified atom stereocenters. The number of carbonyl (C=O) groups excluding carboxylic acids is 1. The summed E-state index contributed by atoms with van der Waals surface area (Å²) in [7, 11) is 1.65. The third-order valence-electron chi connectivity index (χ3n) is 4.52. The molecule has 0 atom stereocenters. The van der Waals surface area contributed by atoms with E-state index in [4.69, 9.17) is 4.74 Å². The van der Waals surface area contributed by atoms with Crippen molar-refractivity contribution in [3.8, 4) is 5.75 Å². The Morgan fingerprint density at radius 2 is 1.68 bits per heavy atom. The van der Waals surface area contributed by atoms with Gasteiger partial charge in [0.1, 0.15) is 5.75 Å². The average molecular weight is 339 g/mol. The highest BCUT2D eigenvalue weighted by molar-refractivity contribution is 5.77. The number of methoxy groups -OCH3 is 1. The Labute approximate surface area is 149 Å². The smallest absolute Gasteiger partial charge is 0.224 e. The molecule has 1 aliphatic heterocycles. The Balaban J connectivity index is 1.44. The highest BCUT2D eigenvalue weighted by Crippen LogP contribution is 2.23. The van der Waals surface area contributed by atoms with E-state index in [1.165, 1.54) is 5.69 Å². The first-order valence-electron chi connectivity index (χ1n) is 8.72. The quantitative estimate of drug-likeness (QED) is 0.879. The minimum atomic E-state index is 0.204. The molecule has 0 aliphatic carbocycles. The summed E-state index contributed by atoms with van der Waals surface area (Å²) in [5.74, 6) is 1.00. The van der Waals surface area contributed by atoms with Crippen LogP contribution in [0, 0.1) is 0 Å². The fraction of sp³-hybridized carbons (Fsp3) is 0.350. The number of rotatable bonds is 6. The van der Waals surface area contributed by atoms with E-state index >= 15 is 0 Å². The molecular weight excluding hydrogens is 314 g/mol. The summed E-state index contributed by atoms with van der Waals surface area (Å²) in [4.78, 5) is 16.7. The molecular formula is C20H25N3O2. The number of benzene rings is 2. The summed E-state index contributed by atoms with van der Waals surface area (Å²) in [6.45, 7) is 3.94. The Morgan fingerprint density at radius 3 is 2.40 bits per heavy atom. The number of ether oxygens (including phenoxy) is 1. The van der Waals surface area contributed by atoms with E-state index in [0.29, 0.717) is 13.0 Å². The van der Waals surface area contributed by atoms with E-state index in [9.17, 15) is 4.79 Å². The zero-order valence-corrected chi connectivity index (χ0v) is 14.6. The maximum absolute atomic E-state index is 12.4. The molecule has 0 aromatic heterocycles. The lowest BCUT2D eigenvalue weighted by molar-refractivity contribution is -0.131. The van der Waals surface area contributed by atoms with Crippen LogP contribution in [0.3, 0.4) is 0 Å². The molecule has 5 heteroatoms. The topological polar surface area (TPSA) is 44.8 Å². The van der Waals surface area contributed by atoms with Crippen molar-refractivity contribution in [3.05, 3.63) is 54.6 Å². The zero-order valence-electron chi connectivity index (χ0n) is 14.6. The average Bonchev–Trinajstić information content (AvgIpc) is 2.69. The molecule has 25 heavy (non-hydrogen) atoms. The molecule has 1 N–H and O–H groups in total. The predicted molar refractivity (Wildman–Crippen MR) is 101 cm³/mol. The molecule has 1 aliphatic rings. The molecule has 2 aromatic rings. The maximum Gasteiger partial charge on any atom is 0.224 e. The van der Waals surface area contributed by atoms with Gasteiger partial charge in [-0.05, 0) is 24.3 Å². The molecule has 132 valence electrons. The molecule has 5 nitrogen and oxygen atoms in total. The van der Waals surface area contributed by atoms with Crippen molar-refractivity contribution in [2.45, 2.75) is 6.42 Å². The monoisotopic (exact) mass is 339 g/mol. The van der Waals surface area contributed by atoms with Gasteiger partial charge in [0.2, 0.25) is 5.91 Å². The third kappa shape index (κ3) is 4.44. The Bertz CT molecular complexity index is 682. The largest absolute Gasteiger partial charge is 0.495 e. The van der Waals surface area contributed by atoms with Gasteiger partial charge >= 0.3 is 0 Å². The van der Waals surface area contributed by atoms with Crippen molar-refractivity contribution in [3.63, 3.8) is 0 Å². The number of anilines is 2. The van der Waals surface area contributed by atoms with Gasteiger partial charge in [0, 0.05) is 44.8 Å². The van der Waals surface area contributed by atoms with Crippen molar-refractivity contribution < 1.29 is 9.53 Å².